The summed E-state index contributed by atoms with van der Waals surface area (Å²) in [5.41, 5.74) is 8.03. The van der Waals surface area contributed by atoms with Gasteiger partial charge >= 0.3 is 7.60 Å². The van der Waals surface area contributed by atoms with Gasteiger partial charge in [-0.05, 0) is 56.8 Å². The predicted molar refractivity (Wildman–Crippen MR) is 121 cm³/mol. The standard InChI is InChI=1S/C21H23N4O5PS/c1-4-24-18(16-10-8-12-28-16)17(15-9-7-11-27-15)14(13-22)21-25(24)20(19(23)32-21)31(26,29-5-2)30-6-3/h7-12H,4-6,23H2,1-3H3. The van der Waals surface area contributed by atoms with Gasteiger partial charge in [-0.3, -0.25) is 9.57 Å². The molecule has 0 aliphatic carbocycles. The van der Waals surface area contributed by atoms with E-state index in [0.717, 1.165) is 11.8 Å². The van der Waals surface area contributed by atoms with Crippen molar-refractivity contribution in [3.05, 3.63) is 69.4 Å². The fourth-order valence-corrected chi connectivity index (χ4v) is 6.87. The Morgan fingerprint density at radius 1 is 1.12 bits per heavy atom. The van der Waals surface area contributed by atoms with Crippen LogP contribution in [0.4, 0.5) is 0 Å². The molecular weight excluding hydrogens is 451 g/mol. The van der Waals surface area contributed by atoms with Crippen LogP contribution in [0.15, 0.2) is 66.7 Å². The van der Waals surface area contributed by atoms with E-state index in [1.54, 1.807) is 55.6 Å². The fourth-order valence-electron chi connectivity index (χ4n) is 3.71. The average molecular weight is 474 g/mol. The summed E-state index contributed by atoms with van der Waals surface area (Å²) in [6.45, 7) is 6.18. The number of thioether (sulfide) groups is 1. The van der Waals surface area contributed by atoms with Crippen LogP contribution in [0.2, 0.25) is 0 Å². The minimum absolute atomic E-state index is 0.168. The second-order valence-electron chi connectivity index (χ2n) is 6.62. The molecule has 2 aromatic heterocycles. The monoisotopic (exact) mass is 474 g/mol. The van der Waals surface area contributed by atoms with Gasteiger partial charge in [0.15, 0.2) is 11.2 Å². The van der Waals surface area contributed by atoms with E-state index in [9.17, 15) is 9.83 Å². The highest BCUT2D eigenvalue weighted by Gasteiger charge is 2.49. The van der Waals surface area contributed by atoms with Gasteiger partial charge in [0.1, 0.15) is 27.6 Å². The molecule has 0 bridgehead atoms. The van der Waals surface area contributed by atoms with Crippen molar-refractivity contribution in [2.75, 3.05) is 19.8 Å². The number of nitrogens with two attached hydrogens (primary N) is 1. The van der Waals surface area contributed by atoms with Gasteiger partial charge < -0.3 is 23.6 Å². The Morgan fingerprint density at radius 2 is 1.75 bits per heavy atom. The molecule has 0 aromatic carbocycles. The summed E-state index contributed by atoms with van der Waals surface area (Å²) in [6, 6.07) is 9.37. The van der Waals surface area contributed by atoms with Gasteiger partial charge in [0, 0.05) is 6.54 Å². The molecule has 0 amide bonds. The number of rotatable bonds is 8. The Labute approximate surface area is 190 Å². The molecule has 0 radical (unpaired) electrons. The molecule has 4 heterocycles. The van der Waals surface area contributed by atoms with E-state index in [2.05, 4.69) is 6.07 Å². The lowest BCUT2D eigenvalue weighted by Gasteiger charge is -2.42. The number of fused-ring (bicyclic) bond motifs is 1. The van der Waals surface area contributed by atoms with Crippen molar-refractivity contribution in [1.82, 2.24) is 10.0 Å². The van der Waals surface area contributed by atoms with Crippen LogP contribution in [0.5, 0.6) is 0 Å². The number of furan rings is 2. The van der Waals surface area contributed by atoms with E-state index in [1.165, 1.54) is 0 Å². The van der Waals surface area contributed by atoms with Crippen LogP contribution in [0.25, 0.3) is 11.3 Å². The number of allylic oxidation sites excluding steroid dienone is 2. The Morgan fingerprint density at radius 3 is 2.25 bits per heavy atom. The van der Waals surface area contributed by atoms with Gasteiger partial charge in [0.2, 0.25) is 0 Å². The largest absolute Gasteiger partial charge is 0.464 e. The molecule has 2 aromatic rings. The van der Waals surface area contributed by atoms with E-state index >= 15 is 0 Å². The summed E-state index contributed by atoms with van der Waals surface area (Å²) in [4.78, 5) is 0. The van der Waals surface area contributed by atoms with Gasteiger partial charge in [0.05, 0.1) is 36.9 Å². The van der Waals surface area contributed by atoms with E-state index in [-0.39, 0.29) is 23.7 Å². The van der Waals surface area contributed by atoms with Gasteiger partial charge in [-0.15, -0.1) is 0 Å². The van der Waals surface area contributed by atoms with Crippen molar-refractivity contribution in [1.29, 1.82) is 5.26 Å². The van der Waals surface area contributed by atoms with Crippen molar-refractivity contribution in [3.63, 3.8) is 0 Å². The van der Waals surface area contributed by atoms with Crippen molar-refractivity contribution in [3.8, 4) is 6.07 Å². The first kappa shape index (κ1) is 22.4. The highest BCUT2D eigenvalue weighted by atomic mass is 32.2. The maximum absolute atomic E-state index is 13.8. The first-order chi connectivity index (χ1) is 15.5. The first-order valence-corrected chi connectivity index (χ1v) is 12.5. The second kappa shape index (κ2) is 8.96. The van der Waals surface area contributed by atoms with Crippen molar-refractivity contribution in [2.45, 2.75) is 20.8 Å². The lowest BCUT2D eigenvalue weighted by Crippen LogP contribution is -2.41. The smallest absolute Gasteiger partial charge is 0.382 e. The van der Waals surface area contributed by atoms with Crippen LogP contribution >= 0.6 is 19.4 Å². The van der Waals surface area contributed by atoms with Gasteiger partial charge in [-0.1, -0.05) is 0 Å². The molecule has 0 saturated heterocycles. The topological polar surface area (TPSA) is 118 Å². The maximum atomic E-state index is 13.8. The Kier molecular flexibility index (Phi) is 6.26. The second-order valence-corrected chi connectivity index (χ2v) is 9.59. The Balaban J connectivity index is 2.00. The number of hydrogen-bond acceptors (Lipinski definition) is 10. The molecular formula is C21H23N4O5PS. The van der Waals surface area contributed by atoms with E-state index < -0.39 is 7.60 Å². The molecule has 0 unspecified atom stereocenters. The van der Waals surface area contributed by atoms with Gasteiger partial charge in [-0.25, -0.2) is 5.01 Å². The normalized spacial score (nSPS) is 16.8. The van der Waals surface area contributed by atoms with Crippen LogP contribution in [-0.2, 0) is 13.6 Å². The van der Waals surface area contributed by atoms with E-state index in [4.69, 9.17) is 23.6 Å². The zero-order valence-electron chi connectivity index (χ0n) is 17.9. The summed E-state index contributed by atoms with van der Waals surface area (Å²) >= 11 is 1.15. The molecule has 4 rings (SSSR count). The highest BCUT2D eigenvalue weighted by Crippen LogP contribution is 2.65. The van der Waals surface area contributed by atoms with Gasteiger partial charge in [0.25, 0.3) is 0 Å². The van der Waals surface area contributed by atoms with Crippen LogP contribution in [0.1, 0.15) is 32.3 Å². The average Bonchev–Trinajstić information content (AvgIpc) is 3.52. The zero-order valence-corrected chi connectivity index (χ0v) is 19.6. The van der Waals surface area contributed by atoms with Crippen LogP contribution < -0.4 is 5.73 Å². The number of nitriles is 1. The summed E-state index contributed by atoms with van der Waals surface area (Å²) in [6.07, 6.45) is 3.10. The molecule has 11 heteroatoms. The SMILES string of the molecule is CCOP(=O)(OCC)C1=C(N)SC2=C(C#N)C(c3ccco3)=C(c3ccco3)N(CC)N21. The predicted octanol–water partition coefficient (Wildman–Crippen LogP) is 5.13. The van der Waals surface area contributed by atoms with Crippen molar-refractivity contribution < 1.29 is 22.4 Å². The quantitative estimate of drug-likeness (QED) is 0.516. The summed E-state index contributed by atoms with van der Waals surface area (Å²) < 4.78 is 36.4. The van der Waals surface area contributed by atoms with Crippen LogP contribution in [0.3, 0.4) is 0 Å². The molecule has 2 aliphatic heterocycles. The summed E-state index contributed by atoms with van der Waals surface area (Å²) in [5, 5.41) is 14.5. The van der Waals surface area contributed by atoms with Gasteiger partial charge in [-0.2, -0.15) is 5.26 Å². The summed E-state index contributed by atoms with van der Waals surface area (Å²) in [5.74, 6) is 1.02. The molecule has 2 N–H and O–H groups in total. The van der Waals surface area contributed by atoms with Crippen LogP contribution in [-0.4, -0.2) is 29.8 Å². The number of nitrogens with zero attached hydrogens (tertiary/aromatic N) is 3. The molecule has 0 spiro atoms. The molecule has 168 valence electrons. The highest BCUT2D eigenvalue weighted by molar-refractivity contribution is 8.07. The minimum Gasteiger partial charge on any atom is -0.464 e. The zero-order chi connectivity index (χ0) is 22.9. The molecule has 0 atom stereocenters. The molecule has 0 fully saturated rings. The van der Waals surface area contributed by atoms with E-state index in [0.29, 0.717) is 39.9 Å². The minimum atomic E-state index is -3.79. The third kappa shape index (κ3) is 3.48. The number of hydrazine groups is 1. The van der Waals surface area contributed by atoms with Crippen LogP contribution in [0, 0.1) is 11.3 Å². The lowest BCUT2D eigenvalue weighted by atomic mass is 9.99. The molecule has 9 nitrogen and oxygen atoms in total. The van der Waals surface area contributed by atoms with Crippen molar-refractivity contribution in [2.24, 2.45) is 5.73 Å². The molecule has 2 aliphatic rings. The van der Waals surface area contributed by atoms with Crippen molar-refractivity contribution >= 4 is 30.6 Å². The maximum Gasteiger partial charge on any atom is 0.382 e. The lowest BCUT2D eigenvalue weighted by molar-refractivity contribution is 0.126. The number of hydrogen-bond donors (Lipinski definition) is 1. The fraction of sp³-hybridized carbons (Fsp3) is 0.286. The third-order valence-corrected chi connectivity index (χ3v) is 8.09. The third-order valence-electron chi connectivity index (χ3n) is 4.81. The molecule has 32 heavy (non-hydrogen) atoms. The first-order valence-electron chi connectivity index (χ1n) is 10.1. The van der Waals surface area contributed by atoms with E-state index in [1.807, 2.05) is 11.9 Å². The Hall–Kier alpha value is -2.83. The summed E-state index contributed by atoms with van der Waals surface area (Å²) in [7, 11) is -3.79. The molecule has 0 saturated carbocycles. The Bertz CT molecular complexity index is 1170.